The molecule has 0 aliphatic heterocycles. The third kappa shape index (κ3) is 2.40. The van der Waals surface area contributed by atoms with E-state index in [1.165, 1.54) is 6.07 Å². The Hall–Kier alpha value is -2.63. The molecule has 3 rings (SSSR count). The number of nitro groups is 1. The number of aryl methyl sites for hydroxylation is 2. The van der Waals surface area contributed by atoms with Crippen LogP contribution in [0.4, 0.5) is 5.69 Å². The maximum absolute atomic E-state index is 10.8. The highest BCUT2D eigenvalue weighted by atomic mass is 16.6. The lowest BCUT2D eigenvalue weighted by Gasteiger charge is -2.06. The van der Waals surface area contributed by atoms with E-state index in [1.54, 1.807) is 24.7 Å². The molecule has 0 bridgehead atoms. The van der Waals surface area contributed by atoms with Crippen LogP contribution >= 0.6 is 0 Å². The van der Waals surface area contributed by atoms with E-state index in [-0.39, 0.29) is 10.6 Å². The molecular weight excluding hydrogens is 256 g/mol. The van der Waals surface area contributed by atoms with E-state index in [0.717, 1.165) is 30.4 Å². The molecule has 0 saturated carbocycles. The minimum Gasteiger partial charge on any atom is -0.347 e. The first-order chi connectivity index (χ1) is 9.74. The molecule has 0 atom stereocenters. The number of fused-ring (bicyclic) bond motifs is 1. The highest BCUT2D eigenvalue weighted by Crippen LogP contribution is 2.22. The Bertz CT molecular complexity index is 731. The van der Waals surface area contributed by atoms with Crippen molar-refractivity contribution in [1.29, 1.82) is 0 Å². The van der Waals surface area contributed by atoms with Crippen LogP contribution in [0.1, 0.15) is 6.42 Å². The molecule has 1 aromatic carbocycles. The first-order valence-corrected chi connectivity index (χ1v) is 6.43. The van der Waals surface area contributed by atoms with Crippen LogP contribution in [0.3, 0.4) is 0 Å². The van der Waals surface area contributed by atoms with Crippen molar-refractivity contribution in [3.63, 3.8) is 0 Å². The Labute approximate surface area is 115 Å². The number of hydrogen-bond acceptors (Lipinski definition) is 3. The summed E-state index contributed by atoms with van der Waals surface area (Å²) >= 11 is 0. The normalized spacial score (nSPS) is 11.0. The van der Waals surface area contributed by atoms with Gasteiger partial charge in [0.1, 0.15) is 0 Å². The van der Waals surface area contributed by atoms with E-state index >= 15 is 0 Å². The summed E-state index contributed by atoms with van der Waals surface area (Å²) in [6, 6.07) is 6.95. The Kier molecular flexibility index (Phi) is 3.20. The van der Waals surface area contributed by atoms with Crippen molar-refractivity contribution in [2.75, 3.05) is 0 Å². The van der Waals surface area contributed by atoms with Gasteiger partial charge in [0.15, 0.2) is 0 Å². The van der Waals surface area contributed by atoms with Crippen LogP contribution in [-0.4, -0.2) is 19.0 Å². The number of hydrogen-bond donors (Lipinski definition) is 0. The van der Waals surface area contributed by atoms with Gasteiger partial charge in [-0.2, -0.15) is 0 Å². The fourth-order valence-corrected chi connectivity index (χ4v) is 2.32. The highest BCUT2D eigenvalue weighted by Gasteiger charge is 2.08. The lowest BCUT2D eigenvalue weighted by atomic mass is 10.2. The summed E-state index contributed by atoms with van der Waals surface area (Å²) in [6.07, 6.45) is 8.40. The van der Waals surface area contributed by atoms with Crippen molar-refractivity contribution in [3.8, 4) is 0 Å². The number of nitrogens with zero attached hydrogens (tertiary/aromatic N) is 4. The van der Waals surface area contributed by atoms with Crippen LogP contribution in [0.5, 0.6) is 0 Å². The van der Waals surface area contributed by atoms with Gasteiger partial charge in [0.25, 0.3) is 5.69 Å². The maximum Gasteiger partial charge on any atom is 0.271 e. The van der Waals surface area contributed by atoms with Crippen molar-refractivity contribution in [1.82, 2.24) is 14.1 Å². The summed E-state index contributed by atoms with van der Waals surface area (Å²) in [5.41, 5.74) is 1.04. The van der Waals surface area contributed by atoms with Gasteiger partial charge in [-0.1, -0.05) is 0 Å². The summed E-state index contributed by atoms with van der Waals surface area (Å²) in [5, 5.41) is 11.9. The third-order valence-electron chi connectivity index (χ3n) is 3.34. The van der Waals surface area contributed by atoms with Gasteiger partial charge in [-0.25, -0.2) is 4.98 Å². The first kappa shape index (κ1) is 12.4. The van der Waals surface area contributed by atoms with Crippen LogP contribution in [0.15, 0.2) is 49.2 Å². The predicted molar refractivity (Wildman–Crippen MR) is 75.4 cm³/mol. The second-order valence-corrected chi connectivity index (χ2v) is 4.66. The van der Waals surface area contributed by atoms with Gasteiger partial charge in [-0.15, -0.1) is 0 Å². The summed E-state index contributed by atoms with van der Waals surface area (Å²) in [6.45, 7) is 1.71. The summed E-state index contributed by atoms with van der Waals surface area (Å²) in [4.78, 5) is 14.5. The SMILES string of the molecule is O=[N+]([O-])c1ccc2ccn(CCCn3ccnc3)c2c1. The Morgan fingerprint density at radius 3 is 2.85 bits per heavy atom. The average Bonchev–Trinajstić information content (AvgIpc) is 3.08. The zero-order valence-electron chi connectivity index (χ0n) is 10.8. The Morgan fingerprint density at radius 1 is 1.20 bits per heavy atom. The fourth-order valence-electron chi connectivity index (χ4n) is 2.32. The molecule has 0 amide bonds. The van der Waals surface area contributed by atoms with E-state index in [9.17, 15) is 10.1 Å². The van der Waals surface area contributed by atoms with Gasteiger partial charge < -0.3 is 9.13 Å². The molecule has 0 unspecified atom stereocenters. The molecule has 3 aromatic rings. The predicted octanol–water partition coefficient (Wildman–Crippen LogP) is 2.84. The van der Waals surface area contributed by atoms with Crippen LogP contribution in [-0.2, 0) is 13.1 Å². The van der Waals surface area contributed by atoms with Crippen molar-refractivity contribution >= 4 is 16.6 Å². The molecule has 6 nitrogen and oxygen atoms in total. The standard InChI is InChI=1S/C14H14N4O2/c19-18(20)13-3-2-12-4-8-17(14(12)10-13)7-1-6-16-9-5-15-11-16/h2-5,8-11H,1,6-7H2. The van der Waals surface area contributed by atoms with Gasteiger partial charge in [0, 0.05) is 49.2 Å². The minimum absolute atomic E-state index is 0.132. The van der Waals surface area contributed by atoms with Crippen molar-refractivity contribution in [3.05, 3.63) is 59.3 Å². The van der Waals surface area contributed by atoms with E-state index in [4.69, 9.17) is 0 Å². The lowest BCUT2D eigenvalue weighted by molar-refractivity contribution is -0.384. The first-order valence-electron chi connectivity index (χ1n) is 6.43. The second-order valence-electron chi connectivity index (χ2n) is 4.66. The summed E-state index contributed by atoms with van der Waals surface area (Å²) in [7, 11) is 0. The summed E-state index contributed by atoms with van der Waals surface area (Å²) in [5.74, 6) is 0. The highest BCUT2D eigenvalue weighted by molar-refractivity contribution is 5.82. The number of nitro benzene ring substituents is 1. The zero-order valence-corrected chi connectivity index (χ0v) is 10.8. The zero-order chi connectivity index (χ0) is 13.9. The molecule has 2 heterocycles. The molecule has 0 aliphatic rings. The Morgan fingerprint density at radius 2 is 2.10 bits per heavy atom. The van der Waals surface area contributed by atoms with Gasteiger partial charge in [-0.3, -0.25) is 10.1 Å². The van der Waals surface area contributed by atoms with Gasteiger partial charge in [0.05, 0.1) is 16.8 Å². The third-order valence-corrected chi connectivity index (χ3v) is 3.34. The van der Waals surface area contributed by atoms with E-state index in [2.05, 4.69) is 9.55 Å². The van der Waals surface area contributed by atoms with E-state index in [0.29, 0.717) is 0 Å². The van der Waals surface area contributed by atoms with Crippen molar-refractivity contribution in [2.24, 2.45) is 0 Å². The number of imidazole rings is 1. The summed E-state index contributed by atoms with van der Waals surface area (Å²) < 4.78 is 4.08. The van der Waals surface area contributed by atoms with Crippen LogP contribution in [0.2, 0.25) is 0 Å². The number of rotatable bonds is 5. The number of benzene rings is 1. The molecule has 0 spiro atoms. The second kappa shape index (κ2) is 5.16. The van der Waals surface area contributed by atoms with Crippen molar-refractivity contribution in [2.45, 2.75) is 19.5 Å². The minimum atomic E-state index is -0.359. The fraction of sp³-hybridized carbons (Fsp3) is 0.214. The largest absolute Gasteiger partial charge is 0.347 e. The van der Waals surface area contributed by atoms with E-state index in [1.807, 2.05) is 23.0 Å². The molecule has 102 valence electrons. The monoisotopic (exact) mass is 270 g/mol. The number of aromatic nitrogens is 3. The van der Waals surface area contributed by atoms with Crippen LogP contribution < -0.4 is 0 Å². The van der Waals surface area contributed by atoms with Gasteiger partial charge in [-0.05, 0) is 18.6 Å². The van der Waals surface area contributed by atoms with Gasteiger partial charge >= 0.3 is 0 Å². The lowest BCUT2D eigenvalue weighted by Crippen LogP contribution is -2.02. The molecule has 0 saturated heterocycles. The molecule has 6 heteroatoms. The molecule has 0 aliphatic carbocycles. The molecule has 0 N–H and O–H groups in total. The molecule has 0 fully saturated rings. The van der Waals surface area contributed by atoms with Crippen LogP contribution in [0.25, 0.3) is 10.9 Å². The quantitative estimate of drug-likeness (QED) is 0.529. The number of non-ortho nitro benzene ring substituents is 1. The smallest absolute Gasteiger partial charge is 0.271 e. The Balaban J connectivity index is 1.77. The van der Waals surface area contributed by atoms with Gasteiger partial charge in [0.2, 0.25) is 0 Å². The van der Waals surface area contributed by atoms with Crippen molar-refractivity contribution < 1.29 is 4.92 Å². The topological polar surface area (TPSA) is 65.9 Å². The average molecular weight is 270 g/mol. The van der Waals surface area contributed by atoms with E-state index < -0.39 is 0 Å². The molecule has 20 heavy (non-hydrogen) atoms. The molecular formula is C14H14N4O2. The molecule has 2 aromatic heterocycles. The van der Waals surface area contributed by atoms with Crippen LogP contribution in [0, 0.1) is 10.1 Å². The molecule has 0 radical (unpaired) electrons. The maximum atomic E-state index is 10.8.